The summed E-state index contributed by atoms with van der Waals surface area (Å²) in [5.74, 6) is 1.56. The molecule has 2 aliphatic rings. The number of pyridine rings is 1. The molecule has 19 heavy (non-hydrogen) atoms. The average Bonchev–Trinajstić information content (AvgIpc) is 3.01. The number of carbonyl (C=O) groups is 1. The minimum absolute atomic E-state index is 0.150. The van der Waals surface area contributed by atoms with E-state index >= 15 is 0 Å². The molecule has 2 bridgehead atoms. The lowest BCUT2D eigenvalue weighted by Gasteiger charge is -2.28. The molecule has 2 saturated carbocycles. The first kappa shape index (κ1) is 12.6. The highest BCUT2D eigenvalue weighted by atomic mass is 19.1. The number of hydrogen-bond acceptors (Lipinski definition) is 2. The first-order valence-corrected chi connectivity index (χ1v) is 7.06. The Bertz CT molecular complexity index is 474. The Morgan fingerprint density at radius 1 is 1.42 bits per heavy atom. The van der Waals surface area contributed by atoms with Gasteiger partial charge in [0.2, 0.25) is 5.95 Å². The Morgan fingerprint density at radius 2 is 2.26 bits per heavy atom. The van der Waals surface area contributed by atoms with E-state index in [-0.39, 0.29) is 11.9 Å². The second kappa shape index (κ2) is 4.91. The van der Waals surface area contributed by atoms with E-state index in [1.807, 2.05) is 0 Å². The van der Waals surface area contributed by atoms with Crippen molar-refractivity contribution in [2.75, 3.05) is 0 Å². The summed E-state index contributed by atoms with van der Waals surface area (Å²) in [4.78, 5) is 15.6. The number of amides is 1. The normalized spacial score (nSPS) is 30.3. The highest BCUT2D eigenvalue weighted by molar-refractivity contribution is 5.94. The van der Waals surface area contributed by atoms with Crippen LogP contribution >= 0.6 is 0 Å². The fourth-order valence-electron chi connectivity index (χ4n) is 3.81. The van der Waals surface area contributed by atoms with Gasteiger partial charge in [0.25, 0.3) is 5.91 Å². The lowest BCUT2D eigenvalue weighted by Crippen LogP contribution is -2.40. The molecule has 0 radical (unpaired) electrons. The number of halogens is 1. The van der Waals surface area contributed by atoms with Gasteiger partial charge in [0.1, 0.15) is 0 Å². The van der Waals surface area contributed by atoms with Crippen molar-refractivity contribution in [3.8, 4) is 0 Å². The third-order valence-electron chi connectivity index (χ3n) is 4.78. The van der Waals surface area contributed by atoms with Crippen molar-refractivity contribution in [2.45, 2.75) is 38.6 Å². The molecule has 3 rings (SSSR count). The number of carbonyl (C=O) groups excluding carboxylic acids is 1. The van der Waals surface area contributed by atoms with Gasteiger partial charge in [0.05, 0.1) is 5.56 Å². The number of rotatable bonds is 3. The molecule has 1 aromatic heterocycles. The molecule has 102 valence electrons. The molecular weight excluding hydrogens is 243 g/mol. The maximum absolute atomic E-state index is 12.7. The summed E-state index contributed by atoms with van der Waals surface area (Å²) in [5, 5.41) is 3.04. The molecule has 2 aliphatic carbocycles. The number of nitrogens with one attached hydrogen (secondary N) is 1. The van der Waals surface area contributed by atoms with Crippen LogP contribution in [-0.2, 0) is 0 Å². The predicted octanol–water partition coefficient (Wildman–Crippen LogP) is 2.78. The van der Waals surface area contributed by atoms with E-state index in [9.17, 15) is 9.18 Å². The van der Waals surface area contributed by atoms with E-state index in [4.69, 9.17) is 0 Å². The van der Waals surface area contributed by atoms with Crippen LogP contribution in [-0.4, -0.2) is 16.9 Å². The van der Waals surface area contributed by atoms with Crippen LogP contribution in [0.5, 0.6) is 0 Å². The summed E-state index contributed by atoms with van der Waals surface area (Å²) in [6.45, 7) is 2.08. The van der Waals surface area contributed by atoms with Gasteiger partial charge in [0.15, 0.2) is 0 Å². The molecule has 1 amide bonds. The Balaban J connectivity index is 1.61. The minimum Gasteiger partial charge on any atom is -0.349 e. The zero-order chi connectivity index (χ0) is 13.4. The molecular formula is C15H19FN2O. The second-order valence-corrected chi connectivity index (χ2v) is 5.97. The molecule has 0 aromatic carbocycles. The Labute approximate surface area is 112 Å². The first-order chi connectivity index (χ1) is 9.13. The van der Waals surface area contributed by atoms with Crippen LogP contribution in [0, 0.1) is 23.7 Å². The Kier molecular flexibility index (Phi) is 3.25. The van der Waals surface area contributed by atoms with Crippen LogP contribution in [0.3, 0.4) is 0 Å². The smallest absolute Gasteiger partial charge is 0.253 e. The van der Waals surface area contributed by atoms with Gasteiger partial charge in [-0.05, 0) is 56.1 Å². The summed E-state index contributed by atoms with van der Waals surface area (Å²) >= 11 is 0. The number of fused-ring (bicyclic) bond motifs is 2. The van der Waals surface area contributed by atoms with Gasteiger partial charge in [-0.3, -0.25) is 4.79 Å². The van der Waals surface area contributed by atoms with Gasteiger partial charge in [-0.15, -0.1) is 0 Å². The third kappa shape index (κ3) is 2.48. The van der Waals surface area contributed by atoms with E-state index in [1.165, 1.54) is 44.0 Å². The predicted molar refractivity (Wildman–Crippen MR) is 70.1 cm³/mol. The molecule has 0 aliphatic heterocycles. The van der Waals surface area contributed by atoms with Gasteiger partial charge in [0, 0.05) is 12.2 Å². The van der Waals surface area contributed by atoms with Crippen molar-refractivity contribution < 1.29 is 9.18 Å². The Hall–Kier alpha value is -1.45. The van der Waals surface area contributed by atoms with Gasteiger partial charge < -0.3 is 5.32 Å². The van der Waals surface area contributed by atoms with E-state index in [0.29, 0.717) is 11.5 Å². The summed E-state index contributed by atoms with van der Waals surface area (Å²) < 4.78 is 12.7. The van der Waals surface area contributed by atoms with E-state index in [1.54, 1.807) is 0 Å². The first-order valence-electron chi connectivity index (χ1n) is 7.06. The molecule has 1 N–H and O–H groups in total. The highest BCUT2D eigenvalue weighted by Crippen LogP contribution is 2.49. The molecule has 4 unspecified atom stereocenters. The average molecular weight is 262 g/mol. The van der Waals surface area contributed by atoms with Crippen LogP contribution in [0.4, 0.5) is 4.39 Å². The lowest BCUT2D eigenvalue weighted by atomic mass is 9.84. The standard InChI is InChI=1S/C15H19FN2O/c1-9(13-7-10-2-3-11(13)6-10)18-15(19)12-4-5-14(16)17-8-12/h4-5,8-11,13H,2-3,6-7H2,1H3,(H,18,19). The monoisotopic (exact) mass is 262 g/mol. The summed E-state index contributed by atoms with van der Waals surface area (Å²) in [5.41, 5.74) is 0.427. The molecule has 1 heterocycles. The summed E-state index contributed by atoms with van der Waals surface area (Å²) in [6.07, 6.45) is 6.55. The van der Waals surface area contributed by atoms with Crippen LogP contribution in [0.1, 0.15) is 43.0 Å². The molecule has 0 spiro atoms. The maximum atomic E-state index is 12.7. The Morgan fingerprint density at radius 3 is 2.84 bits per heavy atom. The third-order valence-corrected chi connectivity index (χ3v) is 4.78. The van der Waals surface area contributed by atoms with Gasteiger partial charge in [-0.25, -0.2) is 4.98 Å². The summed E-state index contributed by atoms with van der Waals surface area (Å²) in [6, 6.07) is 2.88. The van der Waals surface area contributed by atoms with Crippen molar-refractivity contribution in [3.05, 3.63) is 29.8 Å². The SMILES string of the molecule is CC(NC(=O)c1ccc(F)nc1)C1CC2CCC1C2. The van der Waals surface area contributed by atoms with Crippen molar-refractivity contribution in [1.29, 1.82) is 0 Å². The van der Waals surface area contributed by atoms with Crippen molar-refractivity contribution in [3.63, 3.8) is 0 Å². The zero-order valence-electron chi connectivity index (χ0n) is 11.1. The van der Waals surface area contributed by atoms with Crippen LogP contribution in [0.2, 0.25) is 0 Å². The van der Waals surface area contributed by atoms with Crippen molar-refractivity contribution in [2.24, 2.45) is 17.8 Å². The fraction of sp³-hybridized carbons (Fsp3) is 0.600. The zero-order valence-corrected chi connectivity index (χ0v) is 11.1. The van der Waals surface area contributed by atoms with Gasteiger partial charge in [-0.1, -0.05) is 6.42 Å². The minimum atomic E-state index is -0.558. The van der Waals surface area contributed by atoms with Crippen molar-refractivity contribution in [1.82, 2.24) is 10.3 Å². The molecule has 4 atom stereocenters. The lowest BCUT2D eigenvalue weighted by molar-refractivity contribution is 0.0915. The van der Waals surface area contributed by atoms with Crippen molar-refractivity contribution >= 4 is 5.91 Å². The largest absolute Gasteiger partial charge is 0.349 e. The maximum Gasteiger partial charge on any atom is 0.253 e. The summed E-state index contributed by atoms with van der Waals surface area (Å²) in [7, 11) is 0. The number of hydrogen-bond donors (Lipinski definition) is 1. The topological polar surface area (TPSA) is 42.0 Å². The highest BCUT2D eigenvalue weighted by Gasteiger charge is 2.42. The fourth-order valence-corrected chi connectivity index (χ4v) is 3.81. The quantitative estimate of drug-likeness (QED) is 0.851. The van der Waals surface area contributed by atoms with Crippen LogP contribution < -0.4 is 5.32 Å². The van der Waals surface area contributed by atoms with E-state index in [0.717, 1.165) is 11.8 Å². The number of nitrogens with zero attached hydrogens (tertiary/aromatic N) is 1. The van der Waals surface area contributed by atoms with E-state index < -0.39 is 5.95 Å². The van der Waals surface area contributed by atoms with Crippen LogP contribution in [0.25, 0.3) is 0 Å². The molecule has 3 nitrogen and oxygen atoms in total. The van der Waals surface area contributed by atoms with Crippen LogP contribution in [0.15, 0.2) is 18.3 Å². The van der Waals surface area contributed by atoms with E-state index in [2.05, 4.69) is 17.2 Å². The molecule has 2 fully saturated rings. The second-order valence-electron chi connectivity index (χ2n) is 5.97. The van der Waals surface area contributed by atoms with Gasteiger partial charge >= 0.3 is 0 Å². The van der Waals surface area contributed by atoms with Gasteiger partial charge in [-0.2, -0.15) is 4.39 Å². The molecule has 1 aromatic rings. The molecule has 4 heteroatoms. The molecule has 0 saturated heterocycles. The number of aromatic nitrogens is 1.